The summed E-state index contributed by atoms with van der Waals surface area (Å²) in [4.78, 5) is 61.6. The number of halogens is 4. The number of imide groups is 1. The Kier molecular flexibility index (Phi) is 14.8. The van der Waals surface area contributed by atoms with Crippen molar-refractivity contribution in [3.05, 3.63) is 126 Å². The number of pyridine rings is 1. The molecule has 3 aromatic carbocycles. The van der Waals surface area contributed by atoms with Gasteiger partial charge in [-0.25, -0.2) is 9.37 Å². The average Bonchev–Trinajstić information content (AvgIpc) is 3.79. The Morgan fingerprint density at radius 1 is 0.882 bits per heavy atom. The Morgan fingerprint density at radius 3 is 2.28 bits per heavy atom. The average molecular weight is 937 g/mol. The van der Waals surface area contributed by atoms with Crippen molar-refractivity contribution in [2.24, 2.45) is 5.92 Å². The smallest absolute Gasteiger partial charge is 0.374 e. The number of benzene rings is 3. The van der Waals surface area contributed by atoms with Crippen LogP contribution in [0.4, 0.5) is 34.8 Å². The minimum absolute atomic E-state index is 0.00840. The Hall–Kier alpha value is -6.66. The van der Waals surface area contributed by atoms with E-state index in [9.17, 15) is 32.3 Å². The quantitative estimate of drug-likeness (QED) is 0.0661. The highest BCUT2D eigenvalue weighted by Crippen LogP contribution is 2.31. The van der Waals surface area contributed by atoms with E-state index in [0.29, 0.717) is 74.2 Å². The molecule has 8 rings (SSSR count). The van der Waals surface area contributed by atoms with Crippen molar-refractivity contribution < 1.29 is 36.7 Å². The van der Waals surface area contributed by atoms with E-state index in [-0.39, 0.29) is 48.6 Å². The monoisotopic (exact) mass is 936 g/mol. The topological polar surface area (TPSA) is 157 Å². The van der Waals surface area contributed by atoms with Crippen LogP contribution in [-0.2, 0) is 38.3 Å². The number of hydrogen-bond acceptors (Lipinski definition) is 10. The van der Waals surface area contributed by atoms with E-state index >= 15 is 4.39 Å². The van der Waals surface area contributed by atoms with Gasteiger partial charge in [0.25, 0.3) is 0 Å². The second kappa shape index (κ2) is 21.1. The number of nitrogens with one attached hydrogen (secondary N) is 4. The van der Waals surface area contributed by atoms with Crippen molar-refractivity contribution >= 4 is 40.8 Å². The Bertz CT molecular complexity index is 2540. The van der Waals surface area contributed by atoms with Crippen LogP contribution in [0.3, 0.4) is 0 Å². The lowest BCUT2D eigenvalue weighted by atomic mass is 9.94. The first-order valence-electron chi connectivity index (χ1n) is 23.1. The van der Waals surface area contributed by atoms with E-state index in [1.807, 2.05) is 41.3 Å². The molecule has 0 spiro atoms. The molecule has 4 N–H and O–H groups in total. The van der Waals surface area contributed by atoms with Gasteiger partial charge in [-0.2, -0.15) is 18.3 Å². The van der Waals surface area contributed by atoms with Crippen LogP contribution >= 0.6 is 0 Å². The van der Waals surface area contributed by atoms with Crippen LogP contribution in [0.1, 0.15) is 62.3 Å². The first kappa shape index (κ1) is 47.8. The number of carbonyl (C=O) groups is 4. The van der Waals surface area contributed by atoms with E-state index in [1.165, 1.54) is 18.2 Å². The van der Waals surface area contributed by atoms with Gasteiger partial charge in [0.1, 0.15) is 30.3 Å². The van der Waals surface area contributed by atoms with Gasteiger partial charge in [-0.1, -0.05) is 42.5 Å². The maximum atomic E-state index is 15.5. The van der Waals surface area contributed by atoms with Crippen LogP contribution in [0.15, 0.2) is 104 Å². The van der Waals surface area contributed by atoms with Crippen LogP contribution in [-0.4, -0.2) is 106 Å². The molecule has 0 radical (unpaired) electrons. The first-order valence-corrected chi connectivity index (χ1v) is 23.1. The molecule has 4 atom stereocenters. The first-order chi connectivity index (χ1) is 32.7. The number of likely N-dealkylation sites (tertiary alicyclic amines) is 1. The molecule has 18 heteroatoms. The van der Waals surface area contributed by atoms with Gasteiger partial charge in [0.05, 0.1) is 17.4 Å². The largest absolute Gasteiger partial charge is 0.416 e. The van der Waals surface area contributed by atoms with Gasteiger partial charge in [-0.05, 0) is 99.0 Å². The van der Waals surface area contributed by atoms with E-state index in [0.717, 1.165) is 48.2 Å². The number of piperazine rings is 1. The fourth-order valence-electron chi connectivity index (χ4n) is 9.37. The molecular formula is C50H56F4N10O4. The molecule has 14 nitrogen and oxygen atoms in total. The van der Waals surface area contributed by atoms with Crippen molar-refractivity contribution in [2.75, 3.05) is 54.8 Å². The molecule has 3 fully saturated rings. The second-order valence-electron chi connectivity index (χ2n) is 18.0. The molecule has 0 aliphatic carbocycles. The predicted octanol–water partition coefficient (Wildman–Crippen LogP) is 6.67. The van der Waals surface area contributed by atoms with Gasteiger partial charge >= 0.3 is 6.18 Å². The van der Waals surface area contributed by atoms with Gasteiger partial charge in [0, 0.05) is 87.0 Å². The van der Waals surface area contributed by atoms with Crippen LogP contribution in [0, 0.1) is 11.7 Å². The van der Waals surface area contributed by atoms with E-state index in [1.54, 1.807) is 41.5 Å². The molecule has 0 saturated carbocycles. The number of piperidine rings is 2. The van der Waals surface area contributed by atoms with Crippen LogP contribution in [0.5, 0.6) is 0 Å². The molecular weight excluding hydrogens is 881 g/mol. The number of hydrogen-bond donors (Lipinski definition) is 4. The van der Waals surface area contributed by atoms with E-state index < -0.39 is 29.7 Å². The molecule has 68 heavy (non-hydrogen) atoms. The van der Waals surface area contributed by atoms with Gasteiger partial charge in [0.15, 0.2) is 0 Å². The summed E-state index contributed by atoms with van der Waals surface area (Å²) >= 11 is 0. The molecule has 3 aliphatic rings. The fraction of sp³-hybridized carbons (Fsp3) is 0.400. The normalized spacial score (nSPS) is 19.9. The van der Waals surface area contributed by atoms with E-state index in [4.69, 9.17) is 0 Å². The molecule has 358 valence electrons. The zero-order valence-corrected chi connectivity index (χ0v) is 38.0. The van der Waals surface area contributed by atoms with Crippen molar-refractivity contribution in [1.29, 1.82) is 0 Å². The number of aromatic nitrogens is 3. The summed E-state index contributed by atoms with van der Waals surface area (Å²) in [5.41, 5.74) is 3.25. The van der Waals surface area contributed by atoms with Gasteiger partial charge < -0.3 is 25.8 Å². The van der Waals surface area contributed by atoms with E-state index in [2.05, 4.69) is 55.0 Å². The molecule has 0 bridgehead atoms. The number of rotatable bonds is 15. The summed E-state index contributed by atoms with van der Waals surface area (Å²) in [6, 6.07) is 21.6. The fourth-order valence-corrected chi connectivity index (χ4v) is 9.37. The van der Waals surface area contributed by atoms with Gasteiger partial charge in [0.2, 0.25) is 23.6 Å². The Labute approximate surface area is 392 Å². The molecule has 5 heterocycles. The molecule has 3 aliphatic heterocycles. The van der Waals surface area contributed by atoms with Crippen molar-refractivity contribution in [3.63, 3.8) is 0 Å². The van der Waals surface area contributed by atoms with Crippen molar-refractivity contribution in [2.45, 2.75) is 82.8 Å². The molecule has 2 aromatic heterocycles. The number of nitrogens with zero attached hydrogens (tertiary/aromatic N) is 6. The number of amides is 4. The Morgan fingerprint density at radius 2 is 1.62 bits per heavy atom. The highest BCUT2D eigenvalue weighted by molar-refractivity contribution is 6.01. The lowest BCUT2D eigenvalue weighted by Crippen LogP contribution is -2.58. The zero-order chi connectivity index (χ0) is 48.0. The third-order valence-electron chi connectivity index (χ3n) is 13.1. The summed E-state index contributed by atoms with van der Waals surface area (Å²) in [5.74, 6) is -0.666. The third-order valence-corrected chi connectivity index (χ3v) is 13.1. The Balaban J connectivity index is 0.779. The second-order valence-corrected chi connectivity index (χ2v) is 18.0. The summed E-state index contributed by atoms with van der Waals surface area (Å²) in [5, 5.41) is 15.9. The third kappa shape index (κ3) is 11.9. The zero-order valence-electron chi connectivity index (χ0n) is 38.0. The summed E-state index contributed by atoms with van der Waals surface area (Å²) in [6.45, 7) is 8.30. The van der Waals surface area contributed by atoms with Crippen molar-refractivity contribution in [3.8, 4) is 11.1 Å². The molecule has 5 aromatic rings. The maximum absolute atomic E-state index is 15.5. The summed E-state index contributed by atoms with van der Waals surface area (Å²) in [7, 11) is 0. The lowest BCUT2D eigenvalue weighted by Gasteiger charge is -2.47. The standard InChI is InChI=1S/C50H56F4N10O4/c1-32-27-62(43-15-13-40(24-41(43)51)58-42-14-17-45(65)60-48(42)67)28-33(2)64(32)29-35-19-22-61(23-20-35)46(66)31-63-30-38(26-57-63)37-10-16-44(56-25-37)59-49(68)47(36-6-4-3-5-7-36)55-21-18-34-8-11-39(12-9-34)50(52,53)54/h3-13,15-16,24-26,30,32-33,35,42,47,55,58H,14,17-23,27-29,31H2,1-2H3,(H,56,59,68)(H,60,65,67)/t32-,33+,42?,47?. The number of anilines is 3. The van der Waals surface area contributed by atoms with Gasteiger partial charge in [-0.3, -0.25) is 34.1 Å². The molecule has 3 saturated heterocycles. The summed E-state index contributed by atoms with van der Waals surface area (Å²) < 4.78 is 56.1. The van der Waals surface area contributed by atoms with Crippen LogP contribution < -0.4 is 26.2 Å². The molecule has 4 amide bonds. The van der Waals surface area contributed by atoms with Gasteiger partial charge in [-0.15, -0.1) is 0 Å². The molecule has 2 unspecified atom stereocenters. The maximum Gasteiger partial charge on any atom is 0.416 e. The summed E-state index contributed by atoms with van der Waals surface area (Å²) in [6.07, 6.45) is 3.47. The highest BCUT2D eigenvalue weighted by atomic mass is 19.4. The SMILES string of the molecule is C[C@@H]1CN(c2ccc(NC3CCC(=O)NC3=O)cc2F)C[C@H](C)N1CC1CCN(C(=O)Cn2cc(-c3ccc(NC(=O)C(NCCc4ccc(C(F)(F)F)cc4)c4ccccc4)nc3)cn2)CC1. The number of alkyl halides is 3. The minimum atomic E-state index is -4.41. The predicted molar refractivity (Wildman–Crippen MR) is 250 cm³/mol. The number of carbonyl (C=O) groups excluding carboxylic acids is 4. The minimum Gasteiger partial charge on any atom is -0.374 e. The lowest BCUT2D eigenvalue weighted by molar-refractivity contribution is -0.138. The van der Waals surface area contributed by atoms with Crippen LogP contribution in [0.2, 0.25) is 0 Å². The van der Waals surface area contributed by atoms with Crippen molar-refractivity contribution in [1.82, 2.24) is 35.2 Å². The highest BCUT2D eigenvalue weighted by Gasteiger charge is 2.34. The van der Waals surface area contributed by atoms with Crippen LogP contribution in [0.25, 0.3) is 11.1 Å².